The van der Waals surface area contributed by atoms with E-state index >= 15 is 0 Å². The van der Waals surface area contributed by atoms with Crippen LogP contribution in [0.2, 0.25) is 5.02 Å². The Morgan fingerprint density at radius 3 is 2.57 bits per heavy atom. The highest BCUT2D eigenvalue weighted by Gasteiger charge is 2.41. The number of hydrogen-bond acceptors (Lipinski definition) is 3. The summed E-state index contributed by atoms with van der Waals surface area (Å²) in [6, 6.07) is 3.97. The highest BCUT2D eigenvalue weighted by Crippen LogP contribution is 2.37. The summed E-state index contributed by atoms with van der Waals surface area (Å²) in [6.45, 7) is 4.45. The molecule has 2 aliphatic carbocycles. The minimum absolute atomic E-state index is 0.278. The first kappa shape index (κ1) is 15.3. The van der Waals surface area contributed by atoms with Gasteiger partial charge in [-0.15, -0.1) is 0 Å². The first-order valence-electron chi connectivity index (χ1n) is 7.35. The quantitative estimate of drug-likeness (QED) is 0.844. The van der Waals surface area contributed by atoms with Crippen molar-refractivity contribution in [3.8, 4) is 0 Å². The van der Waals surface area contributed by atoms with Crippen molar-refractivity contribution in [1.29, 1.82) is 0 Å². The van der Waals surface area contributed by atoms with Crippen LogP contribution < -0.4 is 10.0 Å². The van der Waals surface area contributed by atoms with Gasteiger partial charge < -0.3 is 5.32 Å². The Balaban J connectivity index is 1.89. The molecule has 0 amide bonds. The third-order valence-corrected chi connectivity index (χ3v) is 6.24. The second-order valence-corrected chi connectivity index (χ2v) is 8.60. The molecule has 0 saturated heterocycles. The van der Waals surface area contributed by atoms with Crippen LogP contribution in [0.5, 0.6) is 0 Å². The van der Waals surface area contributed by atoms with Crippen molar-refractivity contribution in [2.24, 2.45) is 0 Å². The number of hydrogen-bond donors (Lipinski definition) is 2. The van der Waals surface area contributed by atoms with E-state index in [9.17, 15) is 8.42 Å². The molecule has 1 aromatic carbocycles. The predicted molar refractivity (Wildman–Crippen MR) is 84.0 cm³/mol. The van der Waals surface area contributed by atoms with Crippen LogP contribution in [0.15, 0.2) is 17.0 Å². The van der Waals surface area contributed by atoms with E-state index in [0.717, 1.165) is 24.0 Å². The lowest BCUT2D eigenvalue weighted by atomic mass is 10.1. The second kappa shape index (κ2) is 5.23. The Hall–Kier alpha value is -0.620. The summed E-state index contributed by atoms with van der Waals surface area (Å²) < 4.78 is 27.9. The maximum atomic E-state index is 12.6. The molecule has 6 heteroatoms. The number of benzene rings is 1. The summed E-state index contributed by atoms with van der Waals surface area (Å²) in [5.74, 6) is 0. The van der Waals surface area contributed by atoms with Gasteiger partial charge >= 0.3 is 0 Å². The molecular formula is C15H21ClN2O2S. The molecule has 0 atom stereocenters. The van der Waals surface area contributed by atoms with Crippen LogP contribution in [0, 0.1) is 6.92 Å². The topological polar surface area (TPSA) is 58.2 Å². The molecule has 0 heterocycles. The maximum Gasteiger partial charge on any atom is 0.241 e. The van der Waals surface area contributed by atoms with Crippen LogP contribution in [-0.4, -0.2) is 20.0 Å². The SMILES string of the molecule is Cc1c(CNC2CC2)cc(Cl)cc1S(=O)(=O)NC1(C)CC1. The summed E-state index contributed by atoms with van der Waals surface area (Å²) in [4.78, 5) is 0.302. The molecule has 3 rings (SSSR count). The molecule has 21 heavy (non-hydrogen) atoms. The number of sulfonamides is 1. The molecule has 0 unspecified atom stereocenters. The normalized spacial score (nSPS) is 20.5. The third-order valence-electron chi connectivity index (χ3n) is 4.26. The van der Waals surface area contributed by atoms with E-state index in [1.807, 2.05) is 19.9 Å². The van der Waals surface area contributed by atoms with E-state index in [1.54, 1.807) is 6.07 Å². The van der Waals surface area contributed by atoms with Crippen LogP contribution in [0.3, 0.4) is 0 Å². The van der Waals surface area contributed by atoms with Gasteiger partial charge in [0.05, 0.1) is 4.90 Å². The zero-order valence-corrected chi connectivity index (χ0v) is 13.9. The molecule has 2 fully saturated rings. The zero-order valence-electron chi connectivity index (χ0n) is 12.4. The fourth-order valence-corrected chi connectivity index (χ4v) is 4.47. The van der Waals surface area contributed by atoms with E-state index in [1.165, 1.54) is 12.8 Å². The average molecular weight is 329 g/mol. The summed E-state index contributed by atoms with van der Waals surface area (Å²) in [5, 5.41) is 3.87. The van der Waals surface area contributed by atoms with Gasteiger partial charge in [0.15, 0.2) is 0 Å². The Kier molecular flexibility index (Phi) is 3.81. The highest BCUT2D eigenvalue weighted by atomic mass is 35.5. The van der Waals surface area contributed by atoms with Crippen LogP contribution in [0.25, 0.3) is 0 Å². The molecule has 116 valence electrons. The molecular weight excluding hydrogens is 308 g/mol. The Bertz CT molecular complexity index is 664. The van der Waals surface area contributed by atoms with Gasteiger partial charge in [0.25, 0.3) is 0 Å². The lowest BCUT2D eigenvalue weighted by molar-refractivity contribution is 0.557. The van der Waals surface area contributed by atoms with Gasteiger partial charge in [-0.25, -0.2) is 13.1 Å². The molecule has 0 aliphatic heterocycles. The Morgan fingerprint density at radius 2 is 2.00 bits per heavy atom. The van der Waals surface area contributed by atoms with E-state index in [0.29, 0.717) is 22.5 Å². The molecule has 2 N–H and O–H groups in total. The van der Waals surface area contributed by atoms with Crippen molar-refractivity contribution in [1.82, 2.24) is 10.0 Å². The molecule has 0 bridgehead atoms. The fourth-order valence-electron chi connectivity index (χ4n) is 2.38. The first-order valence-corrected chi connectivity index (χ1v) is 9.22. The number of nitrogens with one attached hydrogen (secondary N) is 2. The monoisotopic (exact) mass is 328 g/mol. The summed E-state index contributed by atoms with van der Waals surface area (Å²) in [6.07, 6.45) is 4.18. The van der Waals surface area contributed by atoms with Gasteiger partial charge in [-0.3, -0.25) is 0 Å². The van der Waals surface area contributed by atoms with Crippen molar-refractivity contribution < 1.29 is 8.42 Å². The van der Waals surface area contributed by atoms with Crippen LogP contribution in [-0.2, 0) is 16.6 Å². The third kappa shape index (κ3) is 3.59. The largest absolute Gasteiger partial charge is 0.310 e. The highest BCUT2D eigenvalue weighted by molar-refractivity contribution is 7.89. The van der Waals surface area contributed by atoms with Crippen LogP contribution >= 0.6 is 11.6 Å². The lowest BCUT2D eigenvalue weighted by Gasteiger charge is -2.17. The fraction of sp³-hybridized carbons (Fsp3) is 0.600. The van der Waals surface area contributed by atoms with Crippen LogP contribution in [0.1, 0.15) is 43.7 Å². The van der Waals surface area contributed by atoms with E-state index < -0.39 is 10.0 Å². The molecule has 2 saturated carbocycles. The molecule has 2 aliphatic rings. The lowest BCUT2D eigenvalue weighted by Crippen LogP contribution is -2.34. The minimum Gasteiger partial charge on any atom is -0.310 e. The predicted octanol–water partition coefficient (Wildman–Crippen LogP) is 2.73. The zero-order chi connectivity index (χ0) is 15.3. The van der Waals surface area contributed by atoms with Gasteiger partial charge in [0, 0.05) is 23.1 Å². The second-order valence-electron chi connectivity index (χ2n) is 6.51. The molecule has 4 nitrogen and oxygen atoms in total. The van der Waals surface area contributed by atoms with Crippen molar-refractivity contribution in [2.75, 3.05) is 0 Å². The smallest absolute Gasteiger partial charge is 0.241 e. The summed E-state index contributed by atoms with van der Waals surface area (Å²) in [5.41, 5.74) is 1.46. The van der Waals surface area contributed by atoms with Gasteiger partial charge in [0.1, 0.15) is 0 Å². The summed E-state index contributed by atoms with van der Waals surface area (Å²) >= 11 is 6.13. The first-order chi connectivity index (χ1) is 9.79. The summed E-state index contributed by atoms with van der Waals surface area (Å²) in [7, 11) is -3.52. The van der Waals surface area contributed by atoms with E-state index in [-0.39, 0.29) is 5.54 Å². The van der Waals surface area contributed by atoms with Crippen molar-refractivity contribution in [3.63, 3.8) is 0 Å². The Morgan fingerprint density at radius 1 is 1.33 bits per heavy atom. The maximum absolute atomic E-state index is 12.6. The van der Waals surface area contributed by atoms with Crippen molar-refractivity contribution in [3.05, 3.63) is 28.3 Å². The van der Waals surface area contributed by atoms with E-state index in [2.05, 4.69) is 10.0 Å². The number of halogens is 1. The number of rotatable bonds is 6. The van der Waals surface area contributed by atoms with Gasteiger partial charge in [-0.2, -0.15) is 0 Å². The van der Waals surface area contributed by atoms with E-state index in [4.69, 9.17) is 11.6 Å². The van der Waals surface area contributed by atoms with Crippen LogP contribution in [0.4, 0.5) is 0 Å². The average Bonchev–Trinajstić information content (AvgIpc) is 3.28. The van der Waals surface area contributed by atoms with Gasteiger partial charge in [-0.1, -0.05) is 11.6 Å². The van der Waals surface area contributed by atoms with Crippen molar-refractivity contribution in [2.45, 2.75) is 62.6 Å². The minimum atomic E-state index is -3.52. The molecule has 0 radical (unpaired) electrons. The molecule has 0 aromatic heterocycles. The standard InChI is InChI=1S/C15H21ClN2O2S/c1-10-11(9-17-13-3-4-13)7-12(16)8-14(10)21(19,20)18-15(2)5-6-15/h7-8,13,17-18H,3-6,9H2,1-2H3. The van der Waals surface area contributed by atoms with Gasteiger partial charge in [-0.05, 0) is 62.8 Å². The molecule has 0 spiro atoms. The van der Waals surface area contributed by atoms with Crippen molar-refractivity contribution >= 4 is 21.6 Å². The Labute approximate surface area is 131 Å². The molecule has 1 aromatic rings. The van der Waals surface area contributed by atoms with Gasteiger partial charge in [0.2, 0.25) is 10.0 Å².